The summed E-state index contributed by atoms with van der Waals surface area (Å²) in [6.45, 7) is -1.44. The summed E-state index contributed by atoms with van der Waals surface area (Å²) in [7, 11) is 2.45. The predicted octanol–water partition coefficient (Wildman–Crippen LogP) is 5.67. The molecule has 0 aromatic heterocycles. The van der Waals surface area contributed by atoms with E-state index in [4.69, 9.17) is 14.2 Å². The molecule has 0 aliphatic heterocycles. The van der Waals surface area contributed by atoms with Crippen LogP contribution in [0.3, 0.4) is 0 Å². The van der Waals surface area contributed by atoms with Crippen LogP contribution in [0.4, 0.5) is 0 Å². The summed E-state index contributed by atoms with van der Waals surface area (Å²) in [6.07, 6.45) is 1.50. The first-order valence-electron chi connectivity index (χ1n) is 14.9. The topological polar surface area (TPSA) is 91.3 Å². The molecule has 5 rings (SSSR count). The third kappa shape index (κ3) is 8.87. The molecule has 0 atom stereocenters. The average Bonchev–Trinajstić information content (AvgIpc) is 3.88. The van der Waals surface area contributed by atoms with E-state index in [1.165, 1.54) is 20.3 Å². The summed E-state index contributed by atoms with van der Waals surface area (Å²) < 4.78 is 15.9. The maximum absolute atomic E-state index is 14.1. The second-order valence-electron chi connectivity index (χ2n) is 9.90. The molecule has 0 aliphatic carbocycles. The molecule has 0 spiro atoms. The summed E-state index contributed by atoms with van der Waals surface area (Å²) in [4.78, 5) is 45.5. The van der Waals surface area contributed by atoms with Crippen molar-refractivity contribution in [1.82, 2.24) is 0 Å². The van der Waals surface area contributed by atoms with E-state index < -0.39 is 24.8 Å². The van der Waals surface area contributed by atoms with Crippen molar-refractivity contribution in [2.45, 2.75) is 6.92 Å². The van der Waals surface area contributed by atoms with Crippen molar-refractivity contribution in [3.05, 3.63) is 157 Å². The summed E-state index contributed by atoms with van der Waals surface area (Å²) in [5.41, 5.74) is 0.151. The van der Waals surface area contributed by atoms with Crippen LogP contribution in [0.5, 0.6) is 0 Å². The maximum Gasteiger partial charge on any atom is 0.356 e. The van der Waals surface area contributed by atoms with Crippen molar-refractivity contribution >= 4 is 57.8 Å². The maximum atomic E-state index is 14.1. The number of rotatable bonds is 10. The van der Waals surface area contributed by atoms with Gasteiger partial charge in [-0.25, -0.2) is 21.7 Å². The molecule has 0 unspecified atom stereocenters. The standard InChI is InChI=1S/C34H31NO6P.C5H5.Fe/c1-4-41-32(36)29(24-25-16-14-15-17-25)35-30(33(37)39-2)31(34(38)40-3)42(26-18-8-5-9-19-26,27-20-10-6-11-21-27)28-22-12-7-13-23-28;1-2-4-5-3-1;/h5-24H,4H2,1-3H3;1-5H;/q2*-1;. The minimum Gasteiger partial charge on any atom is -0.468 e. The predicted molar refractivity (Wildman–Crippen MR) is 190 cm³/mol. The van der Waals surface area contributed by atoms with Crippen LogP contribution in [0.25, 0.3) is 6.08 Å². The monoisotopic (exact) mass is 701 g/mol. The number of hydrogen-bond acceptors (Lipinski definition) is 7. The molecule has 0 aliphatic rings. The Morgan fingerprint density at radius 3 is 1.52 bits per heavy atom. The van der Waals surface area contributed by atoms with Crippen LogP contribution < -0.4 is 15.9 Å². The van der Waals surface area contributed by atoms with Gasteiger partial charge in [0, 0.05) is 17.1 Å². The minimum atomic E-state index is -3.20. The van der Waals surface area contributed by atoms with Crippen molar-refractivity contribution in [1.29, 1.82) is 0 Å². The zero-order valence-electron chi connectivity index (χ0n) is 26.8. The van der Waals surface area contributed by atoms with E-state index in [0.717, 1.165) is 15.9 Å². The van der Waals surface area contributed by atoms with Crippen molar-refractivity contribution in [3.8, 4) is 0 Å². The molecule has 5 aromatic rings. The van der Waals surface area contributed by atoms with Gasteiger partial charge in [-0.05, 0) is 29.7 Å². The van der Waals surface area contributed by atoms with Crippen LogP contribution in [0, 0.1) is 0 Å². The number of nitrogens with zero attached hydrogens (tertiary/aromatic N) is 1. The van der Waals surface area contributed by atoms with Gasteiger partial charge in [-0.3, -0.25) is 9.79 Å². The van der Waals surface area contributed by atoms with Gasteiger partial charge in [-0.1, -0.05) is 91.0 Å². The molecule has 0 saturated carbocycles. The van der Waals surface area contributed by atoms with E-state index in [1.54, 1.807) is 19.1 Å². The van der Waals surface area contributed by atoms with Gasteiger partial charge in [0.15, 0.2) is 5.71 Å². The van der Waals surface area contributed by atoms with Crippen molar-refractivity contribution in [2.24, 2.45) is 4.99 Å². The smallest absolute Gasteiger partial charge is 0.356 e. The van der Waals surface area contributed by atoms with Crippen molar-refractivity contribution in [2.75, 3.05) is 20.8 Å². The van der Waals surface area contributed by atoms with Gasteiger partial charge in [-0.2, -0.15) is 30.3 Å². The van der Waals surface area contributed by atoms with Crippen LogP contribution in [0.2, 0.25) is 0 Å². The molecule has 0 radical (unpaired) electrons. The Balaban J connectivity index is 0.000000952. The van der Waals surface area contributed by atoms with Crippen LogP contribution >= 0.6 is 6.89 Å². The molecule has 0 bridgehead atoms. The van der Waals surface area contributed by atoms with E-state index in [2.05, 4.69) is 4.99 Å². The molecule has 0 fully saturated rings. The quantitative estimate of drug-likeness (QED) is 0.0355. The number of benzene rings is 3. The SMILES string of the molecule is CCOC(=O)C(=C[c-]1cccc1)N=C(C(=O)OC)C(C(=O)OC)=P(c1ccccc1)(c1ccccc1)c1ccccc1.[Fe].c1cc[cH-]c1. The molecule has 7 nitrogen and oxygen atoms in total. The zero-order valence-corrected chi connectivity index (χ0v) is 28.8. The van der Waals surface area contributed by atoms with Gasteiger partial charge in [0.2, 0.25) is 0 Å². The Morgan fingerprint density at radius 1 is 0.688 bits per heavy atom. The van der Waals surface area contributed by atoms with Crippen LogP contribution in [-0.4, -0.2) is 49.7 Å². The van der Waals surface area contributed by atoms with E-state index in [9.17, 15) is 14.4 Å². The van der Waals surface area contributed by atoms with E-state index in [-0.39, 0.29) is 40.4 Å². The van der Waals surface area contributed by atoms with E-state index >= 15 is 0 Å². The molecule has 0 N–H and O–H groups in total. The largest absolute Gasteiger partial charge is 0.468 e. The van der Waals surface area contributed by atoms with Crippen molar-refractivity contribution in [3.63, 3.8) is 0 Å². The number of hydrogen-bond donors (Lipinski definition) is 0. The summed E-state index contributed by atoms with van der Waals surface area (Å²) in [5, 5.41) is 2.31. The molecule has 48 heavy (non-hydrogen) atoms. The Morgan fingerprint density at radius 2 is 1.15 bits per heavy atom. The fourth-order valence-corrected chi connectivity index (χ4v) is 9.35. The van der Waals surface area contributed by atoms with Gasteiger partial charge >= 0.3 is 17.9 Å². The third-order valence-electron chi connectivity index (χ3n) is 7.01. The molecule has 0 heterocycles. The van der Waals surface area contributed by atoms with Gasteiger partial charge in [-0.15, -0.1) is 23.8 Å². The van der Waals surface area contributed by atoms with E-state index in [0.29, 0.717) is 5.56 Å². The number of esters is 3. The van der Waals surface area contributed by atoms with Gasteiger partial charge < -0.3 is 14.2 Å². The number of carbonyl (C=O) groups excluding carboxylic acids is 3. The number of aliphatic imine (C=N–C) groups is 1. The second kappa shape index (κ2) is 19.0. The first-order valence-corrected chi connectivity index (χ1v) is 16.7. The molecule has 0 amide bonds. The average molecular weight is 702 g/mol. The Labute approximate surface area is 292 Å². The summed E-state index contributed by atoms with van der Waals surface area (Å²) in [6, 6.07) is 45.5. The number of methoxy groups -OCH3 is 2. The Bertz CT molecular complexity index is 1730. The number of carbonyl (C=O) groups is 3. The molecule has 9 heteroatoms. The fourth-order valence-electron chi connectivity index (χ4n) is 5.00. The third-order valence-corrected chi connectivity index (χ3v) is 11.3. The first-order chi connectivity index (χ1) is 23.0. The van der Waals surface area contributed by atoms with Gasteiger partial charge in [0.05, 0.1) is 26.5 Å². The van der Waals surface area contributed by atoms with Crippen LogP contribution in [0.1, 0.15) is 12.5 Å². The summed E-state index contributed by atoms with van der Waals surface area (Å²) in [5.74, 6) is -2.44. The molecular weight excluding hydrogens is 665 g/mol. The van der Waals surface area contributed by atoms with Crippen LogP contribution in [-0.2, 0) is 45.7 Å². The molecule has 0 saturated heterocycles. The molecule has 5 aromatic carbocycles. The Kier molecular flexibility index (Phi) is 14.8. The van der Waals surface area contributed by atoms with Gasteiger partial charge in [0.1, 0.15) is 5.29 Å². The minimum absolute atomic E-state index is 0. The van der Waals surface area contributed by atoms with Gasteiger partial charge in [0.25, 0.3) is 0 Å². The summed E-state index contributed by atoms with van der Waals surface area (Å²) >= 11 is 0. The Hall–Kier alpha value is -5.00. The number of ether oxygens (including phenoxy) is 3. The second-order valence-corrected chi connectivity index (χ2v) is 13.2. The normalized spacial score (nSPS) is 11.2. The molecular formula is C39H36FeNO6P-2. The van der Waals surface area contributed by atoms with Crippen LogP contribution in [0.15, 0.2) is 156 Å². The molecule has 248 valence electrons. The zero-order chi connectivity index (χ0) is 33.5. The first kappa shape index (κ1) is 37.5. The van der Waals surface area contributed by atoms with Crippen molar-refractivity contribution < 1.29 is 45.7 Å². The van der Waals surface area contributed by atoms with E-state index in [1.807, 2.05) is 133 Å². The fraction of sp³-hybridized carbons (Fsp3) is 0.103.